The van der Waals surface area contributed by atoms with E-state index in [1.807, 2.05) is 38.1 Å². The second-order valence-electron chi connectivity index (χ2n) is 5.94. The number of nitrogens with one attached hydrogen (secondary N) is 2. The first-order valence-corrected chi connectivity index (χ1v) is 9.03. The monoisotopic (exact) mass is 492 g/mol. The Bertz CT molecular complexity index is 638. The van der Waals surface area contributed by atoms with E-state index in [2.05, 4.69) is 15.6 Å². The Morgan fingerprint density at radius 3 is 2.54 bits per heavy atom. The number of hydrogen-bond acceptors (Lipinski definition) is 3. The van der Waals surface area contributed by atoms with Crippen molar-refractivity contribution >= 4 is 53.4 Å². The first kappa shape index (κ1) is 22.7. The lowest BCUT2D eigenvalue weighted by Crippen LogP contribution is -2.43. The van der Waals surface area contributed by atoms with Gasteiger partial charge in [-0.2, -0.15) is 0 Å². The number of rotatable bonds is 6. The molecule has 1 aliphatic heterocycles. The number of carbonyl (C=O) groups excluding carboxylic acids is 2. The van der Waals surface area contributed by atoms with Gasteiger partial charge in [0.1, 0.15) is 0 Å². The van der Waals surface area contributed by atoms with Crippen molar-refractivity contribution in [2.45, 2.75) is 39.2 Å². The molecule has 1 saturated heterocycles. The second kappa shape index (κ2) is 11.4. The number of benzene rings is 1. The molecule has 144 valence electrons. The second-order valence-corrected chi connectivity index (χ2v) is 6.35. The Hall–Kier alpha value is -1.35. The van der Waals surface area contributed by atoms with Crippen LogP contribution in [0.5, 0.6) is 0 Å². The molecule has 1 fully saturated rings. The fourth-order valence-corrected chi connectivity index (χ4v) is 3.04. The van der Waals surface area contributed by atoms with Crippen molar-refractivity contribution < 1.29 is 9.59 Å². The summed E-state index contributed by atoms with van der Waals surface area (Å²) in [6, 6.07) is 7.63. The number of piperidine rings is 1. The Balaban J connectivity index is 0.00000338. The lowest BCUT2D eigenvalue weighted by atomic mass is 10.1. The molecule has 0 saturated carbocycles. The average molecular weight is 493 g/mol. The Labute approximate surface area is 176 Å². The van der Waals surface area contributed by atoms with Crippen LogP contribution in [0.25, 0.3) is 0 Å². The summed E-state index contributed by atoms with van der Waals surface area (Å²) in [6.07, 6.45) is 1.53. The zero-order valence-corrected chi connectivity index (χ0v) is 18.2. The van der Waals surface area contributed by atoms with E-state index >= 15 is 0 Å². The predicted molar refractivity (Wildman–Crippen MR) is 115 cm³/mol. The predicted octanol–water partition coefficient (Wildman–Crippen LogP) is 3.11. The van der Waals surface area contributed by atoms with Gasteiger partial charge in [0.2, 0.25) is 11.8 Å². The van der Waals surface area contributed by atoms with Gasteiger partial charge in [0, 0.05) is 31.0 Å². The number of amides is 2. The van der Waals surface area contributed by atoms with Crippen molar-refractivity contribution in [3.05, 3.63) is 34.9 Å². The first-order valence-electron chi connectivity index (χ1n) is 8.65. The molecule has 0 bridgehead atoms. The molecular formula is C18H26ClIN4O2. The molecule has 1 aromatic carbocycles. The van der Waals surface area contributed by atoms with Crippen molar-refractivity contribution in [1.82, 2.24) is 15.5 Å². The highest BCUT2D eigenvalue weighted by Gasteiger charge is 2.25. The van der Waals surface area contributed by atoms with Crippen LogP contribution in [0, 0.1) is 0 Å². The molecule has 1 aliphatic rings. The molecule has 0 aliphatic carbocycles. The minimum absolute atomic E-state index is 0. The van der Waals surface area contributed by atoms with Gasteiger partial charge in [0.25, 0.3) is 0 Å². The van der Waals surface area contributed by atoms with Gasteiger partial charge in [-0.25, -0.2) is 0 Å². The van der Waals surface area contributed by atoms with Crippen molar-refractivity contribution in [1.29, 1.82) is 0 Å². The molecule has 8 heteroatoms. The van der Waals surface area contributed by atoms with E-state index in [1.165, 1.54) is 4.90 Å². The quantitative estimate of drug-likeness (QED) is 0.277. The summed E-state index contributed by atoms with van der Waals surface area (Å²) in [7, 11) is 0. The van der Waals surface area contributed by atoms with Crippen LogP contribution in [0.4, 0.5) is 0 Å². The summed E-state index contributed by atoms with van der Waals surface area (Å²) in [4.78, 5) is 29.4. The highest BCUT2D eigenvalue weighted by Crippen LogP contribution is 2.21. The number of aliphatic imine (C=N–C) groups is 1. The van der Waals surface area contributed by atoms with Gasteiger partial charge in [-0.3, -0.25) is 19.5 Å². The lowest BCUT2D eigenvalue weighted by Gasteiger charge is -2.24. The summed E-state index contributed by atoms with van der Waals surface area (Å²) in [5.41, 5.74) is 0.983. The number of nitrogens with zero attached hydrogens (tertiary/aromatic N) is 2. The number of imide groups is 1. The van der Waals surface area contributed by atoms with Gasteiger partial charge in [0.05, 0.1) is 12.6 Å². The fourth-order valence-electron chi connectivity index (χ4n) is 2.74. The number of guanidine groups is 1. The summed E-state index contributed by atoms with van der Waals surface area (Å²) in [6.45, 7) is 5.38. The number of likely N-dealkylation sites (tertiary alicyclic amines) is 1. The van der Waals surface area contributed by atoms with Crippen molar-refractivity contribution in [2.75, 3.05) is 19.6 Å². The van der Waals surface area contributed by atoms with E-state index < -0.39 is 0 Å². The highest BCUT2D eigenvalue weighted by atomic mass is 127. The zero-order valence-electron chi connectivity index (χ0n) is 15.1. The van der Waals surface area contributed by atoms with Crippen LogP contribution >= 0.6 is 35.6 Å². The van der Waals surface area contributed by atoms with Crippen molar-refractivity contribution in [2.24, 2.45) is 4.99 Å². The van der Waals surface area contributed by atoms with Gasteiger partial charge in [-0.15, -0.1) is 24.0 Å². The van der Waals surface area contributed by atoms with Crippen LogP contribution in [0.15, 0.2) is 29.3 Å². The van der Waals surface area contributed by atoms with Gasteiger partial charge < -0.3 is 10.6 Å². The molecule has 0 spiro atoms. The maximum atomic E-state index is 11.8. The Kier molecular flexibility index (Phi) is 9.93. The molecule has 0 aromatic heterocycles. The molecule has 26 heavy (non-hydrogen) atoms. The summed E-state index contributed by atoms with van der Waals surface area (Å²) in [5.74, 6) is 0.425. The van der Waals surface area contributed by atoms with E-state index in [-0.39, 0.29) is 41.8 Å². The van der Waals surface area contributed by atoms with Crippen LogP contribution in [-0.4, -0.2) is 42.3 Å². The van der Waals surface area contributed by atoms with Crippen LogP contribution in [0.1, 0.15) is 44.7 Å². The van der Waals surface area contributed by atoms with Crippen molar-refractivity contribution in [3.8, 4) is 0 Å². The molecule has 1 aromatic rings. The van der Waals surface area contributed by atoms with E-state index in [0.29, 0.717) is 49.9 Å². The van der Waals surface area contributed by atoms with Crippen LogP contribution < -0.4 is 10.6 Å². The zero-order chi connectivity index (χ0) is 18.2. The van der Waals surface area contributed by atoms with Gasteiger partial charge in [0.15, 0.2) is 5.96 Å². The first-order chi connectivity index (χ1) is 12.0. The highest BCUT2D eigenvalue weighted by molar-refractivity contribution is 14.0. The average Bonchev–Trinajstić information content (AvgIpc) is 2.58. The minimum Gasteiger partial charge on any atom is -0.357 e. The normalized spacial score (nSPS) is 16.1. The number of halogens is 2. The number of hydrogen-bond donors (Lipinski definition) is 2. The summed E-state index contributed by atoms with van der Waals surface area (Å²) < 4.78 is 0. The molecule has 0 radical (unpaired) electrons. The standard InChI is InChI=1S/C18H25ClN4O2.HI/c1-3-20-18(22-13(2)14-7-4-5-8-15(14)19)21-11-12-23-16(24)9-6-10-17(23)25;/h4-5,7-8,13H,3,6,9-12H2,1-2H3,(H2,20,21,22);1H. The fraction of sp³-hybridized carbons (Fsp3) is 0.500. The minimum atomic E-state index is -0.103. The summed E-state index contributed by atoms with van der Waals surface area (Å²) >= 11 is 6.24. The van der Waals surface area contributed by atoms with E-state index in [4.69, 9.17) is 11.6 Å². The van der Waals surface area contributed by atoms with E-state index in [0.717, 1.165) is 5.56 Å². The SMILES string of the molecule is CCNC(=NCCN1C(=O)CCCC1=O)NC(C)c1ccccc1Cl.I. The van der Waals surface area contributed by atoms with Crippen LogP contribution in [0.3, 0.4) is 0 Å². The van der Waals surface area contributed by atoms with Gasteiger partial charge >= 0.3 is 0 Å². The third-order valence-electron chi connectivity index (χ3n) is 4.05. The van der Waals surface area contributed by atoms with Gasteiger partial charge in [-0.1, -0.05) is 29.8 Å². The molecule has 1 heterocycles. The van der Waals surface area contributed by atoms with E-state index in [1.54, 1.807) is 0 Å². The molecular weight excluding hydrogens is 467 g/mol. The molecule has 2 N–H and O–H groups in total. The van der Waals surface area contributed by atoms with Crippen LogP contribution in [-0.2, 0) is 9.59 Å². The Morgan fingerprint density at radius 2 is 1.92 bits per heavy atom. The van der Waals surface area contributed by atoms with Gasteiger partial charge in [-0.05, 0) is 31.9 Å². The largest absolute Gasteiger partial charge is 0.357 e. The molecule has 6 nitrogen and oxygen atoms in total. The third-order valence-corrected chi connectivity index (χ3v) is 4.39. The molecule has 1 atom stereocenters. The molecule has 1 unspecified atom stereocenters. The lowest BCUT2D eigenvalue weighted by molar-refractivity contribution is -0.147. The smallest absolute Gasteiger partial charge is 0.229 e. The molecule has 2 amide bonds. The topological polar surface area (TPSA) is 73.8 Å². The maximum absolute atomic E-state index is 11.8. The third kappa shape index (κ3) is 6.42. The Morgan fingerprint density at radius 1 is 1.27 bits per heavy atom. The van der Waals surface area contributed by atoms with E-state index in [9.17, 15) is 9.59 Å². The van der Waals surface area contributed by atoms with Crippen LogP contribution in [0.2, 0.25) is 5.02 Å². The molecule has 2 rings (SSSR count). The van der Waals surface area contributed by atoms with Crippen molar-refractivity contribution in [3.63, 3.8) is 0 Å². The number of carbonyl (C=O) groups is 2. The summed E-state index contributed by atoms with van der Waals surface area (Å²) in [5, 5.41) is 7.17. The maximum Gasteiger partial charge on any atom is 0.229 e.